The molecule has 0 radical (unpaired) electrons. The molecule has 1 aliphatic heterocycles. The van der Waals surface area contributed by atoms with Gasteiger partial charge in [-0.15, -0.1) is 0 Å². The van der Waals surface area contributed by atoms with Gasteiger partial charge >= 0.3 is 0 Å². The van der Waals surface area contributed by atoms with Crippen LogP contribution in [-0.2, 0) is 16.1 Å². The summed E-state index contributed by atoms with van der Waals surface area (Å²) < 4.78 is 5.90. The normalized spacial score (nSPS) is 16.4. The van der Waals surface area contributed by atoms with Crippen LogP contribution in [0.3, 0.4) is 0 Å². The lowest BCUT2D eigenvalue weighted by molar-refractivity contribution is -0.116. The molecule has 0 aromatic heterocycles. The minimum Gasteiger partial charge on any atom is -0.376 e. The molecule has 6 nitrogen and oxygen atoms in total. The fourth-order valence-corrected chi connectivity index (χ4v) is 3.92. The number of anilines is 1. The van der Waals surface area contributed by atoms with Crippen LogP contribution in [0.1, 0.15) is 24.0 Å². The molecule has 0 aliphatic carbocycles. The number of rotatable bonds is 8. The van der Waals surface area contributed by atoms with E-state index in [1.165, 1.54) is 5.56 Å². The van der Waals surface area contributed by atoms with Crippen molar-refractivity contribution in [2.45, 2.75) is 26.4 Å². The first kappa shape index (κ1) is 23.1. The number of amides is 1. The zero-order valence-electron chi connectivity index (χ0n) is 18.2. The Kier molecular flexibility index (Phi) is 8.74. The van der Waals surface area contributed by atoms with E-state index in [0.29, 0.717) is 36.2 Å². The number of carbonyl (C=O) groups is 1. The predicted molar refractivity (Wildman–Crippen MR) is 127 cm³/mol. The molecule has 1 aliphatic rings. The minimum atomic E-state index is -0.0812. The van der Waals surface area contributed by atoms with Gasteiger partial charge in [-0.25, -0.2) is 0 Å². The maximum absolute atomic E-state index is 12.2. The van der Waals surface area contributed by atoms with Crippen LogP contribution in [0.2, 0.25) is 5.02 Å². The van der Waals surface area contributed by atoms with E-state index in [0.717, 1.165) is 37.6 Å². The Morgan fingerprint density at radius 3 is 2.81 bits per heavy atom. The maximum atomic E-state index is 12.2. The van der Waals surface area contributed by atoms with Crippen molar-refractivity contribution in [2.75, 3.05) is 38.6 Å². The largest absolute Gasteiger partial charge is 0.376 e. The molecule has 7 heteroatoms. The first-order valence-corrected chi connectivity index (χ1v) is 11.1. The number of nitrogens with one attached hydrogen (secondary N) is 2. The van der Waals surface area contributed by atoms with Gasteiger partial charge in [0.25, 0.3) is 0 Å². The third-order valence-corrected chi connectivity index (χ3v) is 5.61. The molecule has 1 heterocycles. The van der Waals surface area contributed by atoms with Crippen LogP contribution in [0.4, 0.5) is 5.69 Å². The fraction of sp³-hybridized carbons (Fsp3) is 0.417. The smallest absolute Gasteiger partial charge is 0.226 e. The standard InChI is InChI=1S/C24H31ClN4O2/c1-18-8-9-22(21(25)14-18)28-23(30)10-12-27-24(26-2)29-13-11-20(15-29)17-31-16-19-6-4-3-5-7-19/h3-9,14,20H,10-13,15-17H2,1-2H3,(H,26,27)(H,28,30). The first-order chi connectivity index (χ1) is 15.0. The van der Waals surface area contributed by atoms with E-state index < -0.39 is 0 Å². The number of hydrogen-bond donors (Lipinski definition) is 2. The average Bonchev–Trinajstić information content (AvgIpc) is 3.23. The number of hydrogen-bond acceptors (Lipinski definition) is 3. The second-order valence-corrected chi connectivity index (χ2v) is 8.26. The van der Waals surface area contributed by atoms with Gasteiger partial charge in [0.2, 0.25) is 5.91 Å². The van der Waals surface area contributed by atoms with Crippen molar-refractivity contribution in [1.29, 1.82) is 0 Å². The molecule has 0 spiro atoms. The molecule has 166 valence electrons. The number of aliphatic imine (C=N–C) groups is 1. The summed E-state index contributed by atoms with van der Waals surface area (Å²) in [6.07, 6.45) is 1.41. The third kappa shape index (κ3) is 7.26. The summed E-state index contributed by atoms with van der Waals surface area (Å²) in [5.74, 6) is 1.23. The average molecular weight is 443 g/mol. The monoisotopic (exact) mass is 442 g/mol. The molecule has 3 rings (SSSR count). The van der Waals surface area contributed by atoms with Crippen LogP contribution < -0.4 is 10.6 Å². The lowest BCUT2D eigenvalue weighted by atomic mass is 10.1. The lowest BCUT2D eigenvalue weighted by Crippen LogP contribution is -2.41. The molecule has 2 aromatic rings. The van der Waals surface area contributed by atoms with Gasteiger partial charge in [0.1, 0.15) is 0 Å². The van der Waals surface area contributed by atoms with Gasteiger partial charge in [0, 0.05) is 39.0 Å². The van der Waals surface area contributed by atoms with Gasteiger partial charge in [-0.05, 0) is 36.6 Å². The van der Waals surface area contributed by atoms with Crippen molar-refractivity contribution < 1.29 is 9.53 Å². The second-order valence-electron chi connectivity index (χ2n) is 7.86. The van der Waals surface area contributed by atoms with E-state index >= 15 is 0 Å². The van der Waals surface area contributed by atoms with Crippen molar-refractivity contribution in [3.05, 3.63) is 64.7 Å². The van der Waals surface area contributed by atoms with Gasteiger partial charge in [-0.2, -0.15) is 0 Å². The fourth-order valence-electron chi connectivity index (χ4n) is 3.63. The van der Waals surface area contributed by atoms with Gasteiger partial charge in [0.05, 0.1) is 23.9 Å². The van der Waals surface area contributed by atoms with E-state index in [2.05, 4.69) is 32.7 Å². The molecule has 0 saturated carbocycles. The number of aryl methyl sites for hydroxylation is 1. The van der Waals surface area contributed by atoms with E-state index in [-0.39, 0.29) is 5.91 Å². The van der Waals surface area contributed by atoms with Gasteiger partial charge in [-0.1, -0.05) is 48.0 Å². The van der Waals surface area contributed by atoms with E-state index in [1.807, 2.05) is 43.3 Å². The Balaban J connectivity index is 1.36. The molecule has 1 amide bonds. The van der Waals surface area contributed by atoms with Crippen molar-refractivity contribution in [2.24, 2.45) is 10.9 Å². The zero-order chi connectivity index (χ0) is 22.1. The molecule has 1 fully saturated rings. The highest BCUT2D eigenvalue weighted by Gasteiger charge is 2.25. The Morgan fingerprint density at radius 2 is 2.06 bits per heavy atom. The number of ether oxygens (including phenoxy) is 1. The summed E-state index contributed by atoms with van der Waals surface area (Å²) in [6, 6.07) is 15.8. The number of likely N-dealkylation sites (tertiary alicyclic amines) is 1. The Hall–Kier alpha value is -2.57. The topological polar surface area (TPSA) is 66.0 Å². The molecule has 1 unspecified atom stereocenters. The molecule has 0 bridgehead atoms. The molecule has 1 atom stereocenters. The van der Waals surface area contributed by atoms with Gasteiger partial charge in [-0.3, -0.25) is 9.79 Å². The lowest BCUT2D eigenvalue weighted by Gasteiger charge is -2.21. The van der Waals surface area contributed by atoms with Crippen LogP contribution in [0, 0.1) is 12.8 Å². The van der Waals surface area contributed by atoms with Crippen molar-refractivity contribution in [3.63, 3.8) is 0 Å². The molecule has 2 N–H and O–H groups in total. The molecule has 31 heavy (non-hydrogen) atoms. The van der Waals surface area contributed by atoms with Crippen LogP contribution in [0.25, 0.3) is 0 Å². The number of benzene rings is 2. The number of nitrogens with zero attached hydrogens (tertiary/aromatic N) is 2. The van der Waals surface area contributed by atoms with E-state index in [9.17, 15) is 4.79 Å². The zero-order valence-corrected chi connectivity index (χ0v) is 19.0. The van der Waals surface area contributed by atoms with E-state index in [4.69, 9.17) is 16.3 Å². The van der Waals surface area contributed by atoms with Crippen molar-refractivity contribution >= 4 is 29.2 Å². The summed E-state index contributed by atoms with van der Waals surface area (Å²) in [4.78, 5) is 18.9. The van der Waals surface area contributed by atoms with Crippen molar-refractivity contribution in [1.82, 2.24) is 10.2 Å². The third-order valence-electron chi connectivity index (χ3n) is 5.30. The van der Waals surface area contributed by atoms with Crippen molar-refractivity contribution in [3.8, 4) is 0 Å². The van der Waals surface area contributed by atoms with Crippen LogP contribution in [0.15, 0.2) is 53.5 Å². The Labute approximate surface area is 189 Å². The predicted octanol–water partition coefficient (Wildman–Crippen LogP) is 4.09. The van der Waals surface area contributed by atoms with Gasteiger partial charge in [0.15, 0.2) is 5.96 Å². The van der Waals surface area contributed by atoms with E-state index in [1.54, 1.807) is 7.05 Å². The second kappa shape index (κ2) is 11.7. The SMILES string of the molecule is CN=C(NCCC(=O)Nc1ccc(C)cc1Cl)N1CCC(COCc2ccccc2)C1. The van der Waals surface area contributed by atoms with Crippen LogP contribution in [0.5, 0.6) is 0 Å². The molecule has 2 aromatic carbocycles. The van der Waals surface area contributed by atoms with Crippen LogP contribution >= 0.6 is 11.6 Å². The highest BCUT2D eigenvalue weighted by molar-refractivity contribution is 6.33. The number of halogens is 1. The summed E-state index contributed by atoms with van der Waals surface area (Å²) in [6.45, 7) is 5.69. The maximum Gasteiger partial charge on any atom is 0.226 e. The summed E-state index contributed by atoms with van der Waals surface area (Å²) in [5, 5.41) is 6.71. The Morgan fingerprint density at radius 1 is 1.26 bits per heavy atom. The van der Waals surface area contributed by atoms with Gasteiger partial charge < -0.3 is 20.3 Å². The van der Waals surface area contributed by atoms with Crippen LogP contribution in [-0.4, -0.2) is 50.1 Å². The number of carbonyl (C=O) groups excluding carboxylic acids is 1. The summed E-state index contributed by atoms with van der Waals surface area (Å²) >= 11 is 6.18. The summed E-state index contributed by atoms with van der Waals surface area (Å²) in [5.41, 5.74) is 2.89. The summed E-state index contributed by atoms with van der Waals surface area (Å²) in [7, 11) is 1.77. The minimum absolute atomic E-state index is 0.0812. The number of guanidine groups is 1. The molecular formula is C24H31ClN4O2. The molecule has 1 saturated heterocycles. The Bertz CT molecular complexity index is 888. The molecular weight excluding hydrogens is 412 g/mol. The highest BCUT2D eigenvalue weighted by atomic mass is 35.5. The highest BCUT2D eigenvalue weighted by Crippen LogP contribution is 2.22. The quantitative estimate of drug-likeness (QED) is 0.477. The first-order valence-electron chi connectivity index (χ1n) is 10.7.